The zero-order valence-electron chi connectivity index (χ0n) is 16.1. The monoisotopic (exact) mass is 447 g/mol. The van der Waals surface area contributed by atoms with Crippen LogP contribution in [0.15, 0.2) is 41.6 Å². The van der Waals surface area contributed by atoms with Crippen molar-refractivity contribution in [2.45, 2.75) is 18.3 Å². The SMILES string of the molecule is CC(=O)OCC1=C(C(=O)O)N2C(=O)[C@@H](NC(=O)/C=C/c3ccc([N+](=O)[O-])cc3)[C@H]2SC1. The van der Waals surface area contributed by atoms with Crippen LogP contribution in [-0.4, -0.2) is 62.5 Å². The van der Waals surface area contributed by atoms with E-state index in [1.807, 2.05) is 0 Å². The average molecular weight is 447 g/mol. The number of nitrogens with zero attached hydrogens (tertiary/aromatic N) is 2. The Morgan fingerprint density at radius 1 is 1.35 bits per heavy atom. The molecule has 3 rings (SSSR count). The molecule has 2 aliphatic heterocycles. The van der Waals surface area contributed by atoms with Gasteiger partial charge in [-0.2, -0.15) is 0 Å². The Morgan fingerprint density at radius 2 is 2.03 bits per heavy atom. The van der Waals surface area contributed by atoms with Gasteiger partial charge in [0.25, 0.3) is 11.6 Å². The summed E-state index contributed by atoms with van der Waals surface area (Å²) < 4.78 is 4.86. The zero-order chi connectivity index (χ0) is 22.7. The molecule has 31 heavy (non-hydrogen) atoms. The number of non-ortho nitro benzene ring substituents is 1. The minimum absolute atomic E-state index is 0.0774. The number of β-lactam (4-membered cyclic amide) rings is 1. The maximum absolute atomic E-state index is 12.5. The number of nitro groups is 1. The summed E-state index contributed by atoms with van der Waals surface area (Å²) in [6, 6.07) is 4.66. The van der Waals surface area contributed by atoms with Crippen molar-refractivity contribution >= 4 is 47.3 Å². The van der Waals surface area contributed by atoms with Crippen molar-refractivity contribution in [3.05, 3.63) is 57.3 Å². The van der Waals surface area contributed by atoms with Gasteiger partial charge in [0.05, 0.1) is 4.92 Å². The first kappa shape index (κ1) is 22.0. The van der Waals surface area contributed by atoms with Crippen molar-refractivity contribution < 1.29 is 33.9 Å². The molecule has 0 saturated carbocycles. The number of carboxylic acids is 1. The van der Waals surface area contributed by atoms with Gasteiger partial charge >= 0.3 is 11.9 Å². The molecule has 1 saturated heterocycles. The highest BCUT2D eigenvalue weighted by Gasteiger charge is 2.54. The van der Waals surface area contributed by atoms with E-state index in [0.29, 0.717) is 11.1 Å². The predicted molar refractivity (Wildman–Crippen MR) is 108 cm³/mol. The maximum atomic E-state index is 12.5. The molecule has 12 heteroatoms. The summed E-state index contributed by atoms with van der Waals surface area (Å²) in [5.74, 6) is -2.79. The molecule has 0 aliphatic carbocycles. The molecule has 162 valence electrons. The molecule has 0 unspecified atom stereocenters. The van der Waals surface area contributed by atoms with Gasteiger partial charge in [0.2, 0.25) is 5.91 Å². The van der Waals surface area contributed by atoms with Gasteiger partial charge in [-0.05, 0) is 23.8 Å². The summed E-state index contributed by atoms with van der Waals surface area (Å²) >= 11 is 1.26. The number of carbonyl (C=O) groups excluding carboxylic acids is 3. The van der Waals surface area contributed by atoms with Crippen LogP contribution >= 0.6 is 11.8 Å². The number of nitrogens with one attached hydrogen (secondary N) is 1. The second-order valence-electron chi connectivity index (χ2n) is 6.62. The Balaban J connectivity index is 1.65. The molecule has 2 aliphatic rings. The van der Waals surface area contributed by atoms with Gasteiger partial charge in [0, 0.05) is 36.5 Å². The lowest BCUT2D eigenvalue weighted by Crippen LogP contribution is -2.70. The number of benzene rings is 1. The Morgan fingerprint density at radius 3 is 2.61 bits per heavy atom. The van der Waals surface area contributed by atoms with Crippen LogP contribution in [0.1, 0.15) is 12.5 Å². The Labute approximate surface area is 179 Å². The van der Waals surface area contributed by atoms with Gasteiger partial charge in [0.15, 0.2) is 0 Å². The van der Waals surface area contributed by atoms with E-state index >= 15 is 0 Å². The lowest BCUT2D eigenvalue weighted by Gasteiger charge is -2.49. The van der Waals surface area contributed by atoms with E-state index in [4.69, 9.17) is 4.74 Å². The number of ether oxygens (including phenoxy) is 1. The third-order valence-electron chi connectivity index (χ3n) is 4.53. The van der Waals surface area contributed by atoms with Crippen LogP contribution in [0.3, 0.4) is 0 Å². The molecular formula is C19H17N3O8S. The lowest BCUT2D eigenvalue weighted by molar-refractivity contribution is -0.384. The smallest absolute Gasteiger partial charge is 0.352 e. The Hall–Kier alpha value is -3.67. The lowest BCUT2D eigenvalue weighted by atomic mass is 10.0. The van der Waals surface area contributed by atoms with Crippen molar-refractivity contribution in [2.75, 3.05) is 12.4 Å². The summed E-state index contributed by atoms with van der Waals surface area (Å²) in [5, 5.41) is 22.1. The largest absolute Gasteiger partial charge is 0.477 e. The number of nitro benzene ring substituents is 1. The summed E-state index contributed by atoms with van der Waals surface area (Å²) in [5.41, 5.74) is 0.550. The molecule has 0 radical (unpaired) electrons. The fourth-order valence-electron chi connectivity index (χ4n) is 3.06. The highest BCUT2D eigenvalue weighted by molar-refractivity contribution is 8.00. The van der Waals surface area contributed by atoms with E-state index < -0.39 is 40.1 Å². The van der Waals surface area contributed by atoms with Crippen LogP contribution in [0.5, 0.6) is 0 Å². The minimum Gasteiger partial charge on any atom is -0.477 e. The number of amides is 2. The first-order valence-electron chi connectivity index (χ1n) is 8.95. The molecule has 0 spiro atoms. The molecule has 1 aromatic carbocycles. The molecule has 0 aromatic heterocycles. The molecule has 1 fully saturated rings. The van der Waals surface area contributed by atoms with E-state index in [2.05, 4.69) is 5.32 Å². The second kappa shape index (κ2) is 9.00. The first-order chi connectivity index (χ1) is 14.7. The number of hydrogen-bond acceptors (Lipinski definition) is 8. The Bertz CT molecular complexity index is 1020. The van der Waals surface area contributed by atoms with Crippen LogP contribution in [0, 0.1) is 10.1 Å². The fraction of sp³-hybridized carbons (Fsp3) is 0.263. The van der Waals surface area contributed by atoms with Crippen LogP contribution < -0.4 is 5.32 Å². The number of carboxylic acid groups (broad SMARTS) is 1. The third kappa shape index (κ3) is 4.74. The summed E-state index contributed by atoms with van der Waals surface area (Å²) in [6.45, 7) is 0.972. The number of carbonyl (C=O) groups is 4. The number of hydrogen-bond donors (Lipinski definition) is 2. The Kier molecular flexibility index (Phi) is 6.39. The van der Waals surface area contributed by atoms with Crippen molar-refractivity contribution in [3.8, 4) is 0 Å². The van der Waals surface area contributed by atoms with Crippen LogP contribution in [0.2, 0.25) is 0 Å². The van der Waals surface area contributed by atoms with Crippen molar-refractivity contribution in [1.82, 2.24) is 10.2 Å². The van der Waals surface area contributed by atoms with Gasteiger partial charge in [-0.3, -0.25) is 29.4 Å². The number of thioether (sulfide) groups is 1. The highest BCUT2D eigenvalue weighted by Crippen LogP contribution is 2.40. The molecule has 1 aromatic rings. The molecule has 2 amide bonds. The van der Waals surface area contributed by atoms with Gasteiger partial charge in [-0.15, -0.1) is 11.8 Å². The highest BCUT2D eigenvalue weighted by atomic mass is 32.2. The fourth-order valence-corrected chi connectivity index (χ4v) is 4.39. The average Bonchev–Trinajstić information content (AvgIpc) is 2.73. The summed E-state index contributed by atoms with van der Waals surface area (Å²) in [7, 11) is 0. The normalized spacial score (nSPS) is 20.2. The van der Waals surface area contributed by atoms with E-state index in [1.165, 1.54) is 55.1 Å². The quantitative estimate of drug-likeness (QED) is 0.204. The zero-order valence-corrected chi connectivity index (χ0v) is 17.0. The van der Waals surface area contributed by atoms with Gasteiger partial charge < -0.3 is 15.2 Å². The number of esters is 1. The molecule has 2 atom stereocenters. The third-order valence-corrected chi connectivity index (χ3v) is 5.87. The predicted octanol–water partition coefficient (Wildman–Crippen LogP) is 0.910. The van der Waals surface area contributed by atoms with Crippen LogP contribution in [0.25, 0.3) is 6.08 Å². The second-order valence-corrected chi connectivity index (χ2v) is 7.72. The summed E-state index contributed by atoms with van der Waals surface area (Å²) in [6.07, 6.45) is 2.62. The van der Waals surface area contributed by atoms with Crippen LogP contribution in [-0.2, 0) is 23.9 Å². The van der Waals surface area contributed by atoms with E-state index in [-0.39, 0.29) is 23.7 Å². The van der Waals surface area contributed by atoms with Crippen LogP contribution in [0.4, 0.5) is 5.69 Å². The van der Waals surface area contributed by atoms with Gasteiger partial charge in [-0.1, -0.05) is 0 Å². The number of aliphatic carboxylic acids is 1. The molecule has 2 N–H and O–H groups in total. The van der Waals surface area contributed by atoms with E-state index in [1.54, 1.807) is 0 Å². The molecule has 0 bridgehead atoms. The van der Waals surface area contributed by atoms with Crippen molar-refractivity contribution in [3.63, 3.8) is 0 Å². The maximum Gasteiger partial charge on any atom is 0.352 e. The van der Waals surface area contributed by atoms with E-state index in [9.17, 15) is 34.4 Å². The van der Waals surface area contributed by atoms with Gasteiger partial charge in [0.1, 0.15) is 23.7 Å². The van der Waals surface area contributed by atoms with Crippen molar-refractivity contribution in [1.29, 1.82) is 0 Å². The minimum atomic E-state index is -1.32. The van der Waals surface area contributed by atoms with Crippen molar-refractivity contribution in [2.24, 2.45) is 0 Å². The molecular weight excluding hydrogens is 430 g/mol. The standard InChI is InChI=1S/C19H17N3O8S/c1-10(23)30-8-12-9-31-18-15(17(25)21(18)16(12)19(26)27)20-14(24)7-4-11-2-5-13(6-3-11)22(28)29/h2-7,15,18H,8-9H2,1H3,(H,20,24)(H,26,27)/b7-4+/t15-,18-/m1/s1. The van der Waals surface area contributed by atoms with E-state index in [0.717, 1.165) is 4.90 Å². The molecule has 11 nitrogen and oxygen atoms in total. The number of fused-ring (bicyclic) bond motifs is 1. The molecule has 2 heterocycles. The van der Waals surface area contributed by atoms with Gasteiger partial charge in [-0.25, -0.2) is 4.79 Å². The first-order valence-corrected chi connectivity index (χ1v) is 10.0. The topological polar surface area (TPSA) is 156 Å². The summed E-state index contributed by atoms with van der Waals surface area (Å²) in [4.78, 5) is 58.6. The number of rotatable bonds is 7.